The molecule has 21 heavy (non-hydrogen) atoms. The molecule has 0 spiro atoms. The summed E-state index contributed by atoms with van der Waals surface area (Å²) in [7, 11) is 0. The number of piperidine rings is 1. The molecule has 2 heterocycles. The van der Waals surface area contributed by atoms with Crippen LogP contribution in [0.25, 0.3) is 0 Å². The number of nitrogens with zero attached hydrogens (tertiary/aromatic N) is 1. The van der Waals surface area contributed by atoms with Gasteiger partial charge in [0.05, 0.1) is 6.54 Å². The van der Waals surface area contributed by atoms with Crippen molar-refractivity contribution in [3.63, 3.8) is 0 Å². The van der Waals surface area contributed by atoms with Gasteiger partial charge in [-0.3, -0.25) is 0 Å². The number of amides is 1. The van der Waals surface area contributed by atoms with Gasteiger partial charge in [0.25, 0.3) is 0 Å². The van der Waals surface area contributed by atoms with Gasteiger partial charge in [0, 0.05) is 18.0 Å². The van der Waals surface area contributed by atoms with Crippen LogP contribution >= 0.6 is 11.6 Å². The van der Waals surface area contributed by atoms with E-state index in [9.17, 15) is 4.79 Å². The number of fused-ring (bicyclic) bond motifs is 1. The first-order chi connectivity index (χ1) is 9.80. The zero-order valence-electron chi connectivity index (χ0n) is 12.6. The van der Waals surface area contributed by atoms with Gasteiger partial charge in [-0.05, 0) is 38.5 Å². The first-order valence-corrected chi connectivity index (χ1v) is 7.60. The van der Waals surface area contributed by atoms with Gasteiger partial charge < -0.3 is 14.4 Å². The lowest BCUT2D eigenvalue weighted by Gasteiger charge is -2.31. The smallest absolute Gasteiger partial charge is 0.410 e. The van der Waals surface area contributed by atoms with Crippen LogP contribution in [-0.2, 0) is 15.1 Å². The SMILES string of the molecule is CC(C)(C)OC(=O)N1CC[C@@]2(c3cccc(Cl)c3)O[C@@H]2C1. The lowest BCUT2D eigenvalue weighted by Crippen LogP contribution is -2.44. The topological polar surface area (TPSA) is 42.1 Å². The Kier molecular flexibility index (Phi) is 3.41. The molecule has 0 aromatic heterocycles. The molecular weight excluding hydrogens is 290 g/mol. The van der Waals surface area contributed by atoms with Crippen LogP contribution in [-0.4, -0.2) is 35.8 Å². The van der Waals surface area contributed by atoms with Crippen LogP contribution in [0.3, 0.4) is 0 Å². The number of hydrogen-bond donors (Lipinski definition) is 0. The minimum absolute atomic E-state index is 0.0391. The fraction of sp³-hybridized carbons (Fsp3) is 0.562. The lowest BCUT2D eigenvalue weighted by molar-refractivity contribution is 0.0217. The highest BCUT2D eigenvalue weighted by Gasteiger charge is 2.60. The second-order valence-corrected chi connectivity index (χ2v) is 7.12. The number of halogens is 1. The van der Waals surface area contributed by atoms with Crippen LogP contribution in [0.15, 0.2) is 24.3 Å². The molecule has 4 nitrogen and oxygen atoms in total. The summed E-state index contributed by atoms with van der Waals surface area (Å²) in [5.41, 5.74) is 0.371. The van der Waals surface area contributed by atoms with Crippen molar-refractivity contribution in [3.8, 4) is 0 Å². The third-order valence-corrected chi connectivity index (χ3v) is 4.15. The molecule has 2 aliphatic heterocycles. The highest BCUT2D eigenvalue weighted by Crippen LogP contribution is 2.52. The maximum absolute atomic E-state index is 12.1. The quantitative estimate of drug-likeness (QED) is 0.745. The van der Waals surface area contributed by atoms with Crippen molar-refractivity contribution in [2.45, 2.75) is 44.5 Å². The molecule has 114 valence electrons. The first-order valence-electron chi connectivity index (χ1n) is 7.22. The maximum atomic E-state index is 12.1. The van der Waals surface area contributed by atoms with E-state index in [-0.39, 0.29) is 17.8 Å². The molecule has 0 aliphatic carbocycles. The molecule has 0 saturated carbocycles. The molecule has 3 rings (SSSR count). The summed E-state index contributed by atoms with van der Waals surface area (Å²) >= 11 is 6.06. The Labute approximate surface area is 130 Å². The number of ether oxygens (including phenoxy) is 2. The summed E-state index contributed by atoms with van der Waals surface area (Å²) in [4.78, 5) is 13.8. The Balaban J connectivity index is 1.67. The van der Waals surface area contributed by atoms with E-state index in [1.54, 1.807) is 4.90 Å². The van der Waals surface area contributed by atoms with Crippen LogP contribution in [0.5, 0.6) is 0 Å². The van der Waals surface area contributed by atoms with E-state index in [1.807, 2.05) is 45.0 Å². The molecule has 1 aromatic rings. The molecule has 2 saturated heterocycles. The second-order valence-electron chi connectivity index (χ2n) is 6.68. The summed E-state index contributed by atoms with van der Waals surface area (Å²) in [6.07, 6.45) is 0.548. The standard InChI is InChI=1S/C16H20ClNO3/c1-15(2,3)21-14(19)18-8-7-16(13(10-18)20-16)11-5-4-6-12(17)9-11/h4-6,9,13H,7-8,10H2,1-3H3/t13-,16+/m1/s1. The number of benzene rings is 1. The largest absolute Gasteiger partial charge is 0.444 e. The zero-order valence-corrected chi connectivity index (χ0v) is 13.3. The molecule has 2 aliphatic rings. The highest BCUT2D eigenvalue weighted by atomic mass is 35.5. The van der Waals surface area contributed by atoms with Gasteiger partial charge in [-0.25, -0.2) is 4.79 Å². The van der Waals surface area contributed by atoms with Crippen molar-refractivity contribution in [1.29, 1.82) is 0 Å². The monoisotopic (exact) mass is 309 g/mol. The average Bonchev–Trinajstić information content (AvgIpc) is 3.11. The summed E-state index contributed by atoms with van der Waals surface area (Å²) in [5.74, 6) is 0. The Bertz CT molecular complexity index is 569. The van der Waals surface area contributed by atoms with Crippen molar-refractivity contribution in [2.24, 2.45) is 0 Å². The predicted molar refractivity (Wildman–Crippen MR) is 80.4 cm³/mol. The van der Waals surface area contributed by atoms with E-state index >= 15 is 0 Å². The molecule has 1 amide bonds. The summed E-state index contributed by atoms with van der Waals surface area (Å²) in [5, 5.41) is 0.714. The summed E-state index contributed by atoms with van der Waals surface area (Å²) in [6, 6.07) is 7.78. The molecule has 1 aromatic carbocycles. The van der Waals surface area contributed by atoms with Gasteiger partial charge in [-0.15, -0.1) is 0 Å². The number of rotatable bonds is 1. The Morgan fingerprint density at radius 2 is 2.24 bits per heavy atom. The van der Waals surface area contributed by atoms with E-state index in [2.05, 4.69) is 0 Å². The Hall–Kier alpha value is -1.26. The summed E-state index contributed by atoms with van der Waals surface area (Å²) < 4.78 is 11.3. The minimum Gasteiger partial charge on any atom is -0.444 e. The van der Waals surface area contributed by atoms with Crippen molar-refractivity contribution >= 4 is 17.7 Å². The molecule has 5 heteroatoms. The number of hydrogen-bond acceptors (Lipinski definition) is 3. The van der Waals surface area contributed by atoms with Gasteiger partial charge in [-0.1, -0.05) is 23.7 Å². The molecule has 0 unspecified atom stereocenters. The first kappa shape index (κ1) is 14.7. The molecular formula is C16H20ClNO3. The number of carbonyl (C=O) groups excluding carboxylic acids is 1. The molecule has 2 atom stereocenters. The number of epoxide rings is 1. The Morgan fingerprint density at radius 1 is 1.48 bits per heavy atom. The maximum Gasteiger partial charge on any atom is 0.410 e. The van der Waals surface area contributed by atoms with E-state index < -0.39 is 5.60 Å². The van der Waals surface area contributed by atoms with Crippen molar-refractivity contribution in [3.05, 3.63) is 34.9 Å². The summed E-state index contributed by atoms with van der Waals surface area (Å²) in [6.45, 7) is 6.83. The minimum atomic E-state index is -0.469. The van der Waals surface area contributed by atoms with E-state index in [1.165, 1.54) is 0 Å². The van der Waals surface area contributed by atoms with E-state index in [0.29, 0.717) is 18.1 Å². The fourth-order valence-electron chi connectivity index (χ4n) is 2.86. The molecule has 0 bridgehead atoms. The van der Waals surface area contributed by atoms with Gasteiger partial charge in [0.1, 0.15) is 17.3 Å². The normalized spacial score (nSPS) is 28.0. The van der Waals surface area contributed by atoms with Gasteiger partial charge >= 0.3 is 6.09 Å². The lowest BCUT2D eigenvalue weighted by atomic mass is 9.89. The van der Waals surface area contributed by atoms with Crippen LogP contribution in [0.4, 0.5) is 4.79 Å². The fourth-order valence-corrected chi connectivity index (χ4v) is 3.05. The Morgan fingerprint density at radius 3 is 2.86 bits per heavy atom. The van der Waals surface area contributed by atoms with Crippen molar-refractivity contribution in [1.82, 2.24) is 4.90 Å². The molecule has 0 radical (unpaired) electrons. The predicted octanol–water partition coefficient (Wildman–Crippen LogP) is 3.57. The zero-order chi connectivity index (χ0) is 15.3. The van der Waals surface area contributed by atoms with E-state index in [4.69, 9.17) is 21.1 Å². The van der Waals surface area contributed by atoms with Crippen LogP contribution < -0.4 is 0 Å². The second kappa shape index (κ2) is 4.89. The van der Waals surface area contributed by atoms with Crippen LogP contribution in [0.1, 0.15) is 32.8 Å². The van der Waals surface area contributed by atoms with Crippen molar-refractivity contribution in [2.75, 3.05) is 13.1 Å². The third kappa shape index (κ3) is 2.87. The molecule has 2 fully saturated rings. The van der Waals surface area contributed by atoms with Crippen LogP contribution in [0.2, 0.25) is 5.02 Å². The van der Waals surface area contributed by atoms with Gasteiger partial charge in [0.15, 0.2) is 0 Å². The van der Waals surface area contributed by atoms with Crippen LogP contribution in [0, 0.1) is 0 Å². The number of likely N-dealkylation sites (tertiary alicyclic amines) is 1. The van der Waals surface area contributed by atoms with Gasteiger partial charge in [-0.2, -0.15) is 0 Å². The third-order valence-electron chi connectivity index (χ3n) is 3.92. The van der Waals surface area contributed by atoms with E-state index in [0.717, 1.165) is 12.0 Å². The van der Waals surface area contributed by atoms with Gasteiger partial charge in [0.2, 0.25) is 0 Å². The molecule has 0 N–H and O–H groups in total. The van der Waals surface area contributed by atoms with Crippen molar-refractivity contribution < 1.29 is 14.3 Å². The number of carbonyl (C=O) groups is 1. The average molecular weight is 310 g/mol. The highest BCUT2D eigenvalue weighted by molar-refractivity contribution is 6.30.